The van der Waals surface area contributed by atoms with Crippen LogP contribution < -0.4 is 30.3 Å². The topological polar surface area (TPSA) is 104 Å². The average molecular weight is 436 g/mol. The Hall–Kier alpha value is -3.43. The van der Waals surface area contributed by atoms with Crippen LogP contribution in [0.4, 0.5) is 17.6 Å². The second-order valence-corrected chi connectivity index (χ2v) is 8.47. The number of fused-ring (bicyclic) bond motifs is 1. The van der Waals surface area contributed by atoms with Crippen molar-refractivity contribution in [2.24, 2.45) is 0 Å². The molecule has 9 heteroatoms. The first-order chi connectivity index (χ1) is 15.6. The number of piperazine rings is 1. The quantitative estimate of drug-likeness (QED) is 0.422. The van der Waals surface area contributed by atoms with Crippen LogP contribution in [0.15, 0.2) is 42.5 Å². The Kier molecular flexibility index (Phi) is 5.74. The van der Waals surface area contributed by atoms with E-state index >= 15 is 0 Å². The van der Waals surface area contributed by atoms with Crippen LogP contribution in [0.1, 0.15) is 17.0 Å². The Bertz CT molecular complexity index is 1100. The Morgan fingerprint density at radius 1 is 0.906 bits per heavy atom. The van der Waals surface area contributed by atoms with Crippen LogP contribution in [0.25, 0.3) is 0 Å². The minimum absolute atomic E-state index is 0.247. The maximum Gasteiger partial charge on any atom is 0.232 e. The number of hydrogen-bond donors (Lipinski definition) is 4. The van der Waals surface area contributed by atoms with E-state index in [9.17, 15) is 0 Å². The summed E-state index contributed by atoms with van der Waals surface area (Å²) in [5.74, 6) is 3.16. The van der Waals surface area contributed by atoms with Crippen LogP contribution in [0, 0.1) is 6.92 Å². The number of aromatic nitrogens is 3. The van der Waals surface area contributed by atoms with Crippen molar-refractivity contribution < 1.29 is 19.3 Å². The lowest BCUT2D eigenvalue weighted by molar-refractivity contribution is -1.02. The molecule has 1 fully saturated rings. The number of nitrogens with two attached hydrogens (primary N) is 1. The first-order valence-electron chi connectivity index (χ1n) is 11.0. The highest BCUT2D eigenvalue weighted by Crippen LogP contribution is 2.32. The van der Waals surface area contributed by atoms with Gasteiger partial charge in [0.05, 0.1) is 0 Å². The molecule has 0 radical (unpaired) electrons. The van der Waals surface area contributed by atoms with E-state index in [0.29, 0.717) is 12.7 Å². The fourth-order valence-electron chi connectivity index (χ4n) is 4.30. The maximum atomic E-state index is 5.96. The van der Waals surface area contributed by atoms with Crippen LogP contribution in [0.5, 0.6) is 11.5 Å². The molecule has 0 amide bonds. The summed E-state index contributed by atoms with van der Waals surface area (Å²) in [7, 11) is 0. The van der Waals surface area contributed by atoms with Crippen LogP contribution in [0.2, 0.25) is 0 Å². The highest BCUT2D eigenvalue weighted by molar-refractivity contribution is 5.54. The van der Waals surface area contributed by atoms with Crippen LogP contribution in [-0.4, -0.2) is 47.9 Å². The van der Waals surface area contributed by atoms with Gasteiger partial charge < -0.3 is 30.3 Å². The molecule has 166 valence electrons. The molecule has 2 aromatic carbocycles. The van der Waals surface area contributed by atoms with Crippen molar-refractivity contribution in [1.82, 2.24) is 15.0 Å². The highest BCUT2D eigenvalue weighted by atomic mass is 16.7. The van der Waals surface area contributed by atoms with Crippen LogP contribution in [-0.2, 0) is 13.1 Å². The van der Waals surface area contributed by atoms with Crippen molar-refractivity contribution in [1.29, 1.82) is 0 Å². The number of benzene rings is 2. The van der Waals surface area contributed by atoms with E-state index in [1.165, 1.54) is 16.0 Å². The molecule has 1 aromatic heterocycles. The van der Waals surface area contributed by atoms with Crippen LogP contribution >= 0.6 is 0 Å². The molecule has 2 aliphatic heterocycles. The first-order valence-corrected chi connectivity index (χ1v) is 11.0. The first kappa shape index (κ1) is 20.5. The number of nitrogens with one attached hydrogen (secondary N) is 3. The monoisotopic (exact) mass is 435 g/mol. The van der Waals surface area contributed by atoms with Gasteiger partial charge in [0.1, 0.15) is 39.3 Å². The van der Waals surface area contributed by atoms with Gasteiger partial charge in [-0.15, -0.1) is 0 Å². The molecule has 1 saturated heterocycles. The molecule has 0 bridgehead atoms. The van der Waals surface area contributed by atoms with Crippen molar-refractivity contribution >= 4 is 17.6 Å². The molecule has 0 spiro atoms. The third-order valence-electron chi connectivity index (χ3n) is 5.94. The molecule has 0 unspecified atom stereocenters. The van der Waals surface area contributed by atoms with Gasteiger partial charge in [0.25, 0.3) is 0 Å². The predicted octanol–water partition coefficient (Wildman–Crippen LogP) is -0.282. The number of anilines is 3. The average Bonchev–Trinajstić information content (AvgIpc) is 3.23. The zero-order valence-electron chi connectivity index (χ0n) is 18.2. The lowest BCUT2D eigenvalue weighted by Gasteiger charge is -2.29. The van der Waals surface area contributed by atoms with Gasteiger partial charge in [-0.25, -0.2) is 0 Å². The molecule has 3 aromatic rings. The Morgan fingerprint density at radius 2 is 1.69 bits per heavy atom. The molecule has 0 aliphatic carbocycles. The third-order valence-corrected chi connectivity index (χ3v) is 5.94. The van der Waals surface area contributed by atoms with Gasteiger partial charge in [-0.3, -0.25) is 0 Å². The summed E-state index contributed by atoms with van der Waals surface area (Å²) in [6.45, 7) is 8.42. The summed E-state index contributed by atoms with van der Waals surface area (Å²) in [6, 6.07) is 14.3. The summed E-state index contributed by atoms with van der Waals surface area (Å²) < 4.78 is 10.9. The highest BCUT2D eigenvalue weighted by Gasteiger charge is 2.25. The summed E-state index contributed by atoms with van der Waals surface area (Å²) in [6.07, 6.45) is 0. The second-order valence-electron chi connectivity index (χ2n) is 8.47. The third kappa shape index (κ3) is 4.90. The van der Waals surface area contributed by atoms with E-state index < -0.39 is 0 Å². The molecule has 5 N–H and O–H groups in total. The van der Waals surface area contributed by atoms with Gasteiger partial charge in [0, 0.05) is 11.3 Å². The minimum Gasteiger partial charge on any atom is -0.454 e. The van der Waals surface area contributed by atoms with E-state index in [0.717, 1.165) is 62.3 Å². The Balaban J connectivity index is 1.16. The van der Waals surface area contributed by atoms with Gasteiger partial charge in [-0.05, 0) is 42.8 Å². The van der Waals surface area contributed by atoms with Gasteiger partial charge in [-0.1, -0.05) is 12.1 Å². The zero-order valence-corrected chi connectivity index (χ0v) is 18.2. The number of quaternary nitrogens is 2. The van der Waals surface area contributed by atoms with Crippen molar-refractivity contribution in [3.63, 3.8) is 0 Å². The van der Waals surface area contributed by atoms with Crippen molar-refractivity contribution in [3.8, 4) is 11.5 Å². The van der Waals surface area contributed by atoms with E-state index in [-0.39, 0.29) is 5.95 Å². The fourth-order valence-corrected chi connectivity index (χ4v) is 4.30. The van der Waals surface area contributed by atoms with Gasteiger partial charge in [-0.2, -0.15) is 15.0 Å². The predicted molar refractivity (Wildman–Crippen MR) is 120 cm³/mol. The maximum absolute atomic E-state index is 5.96. The summed E-state index contributed by atoms with van der Waals surface area (Å²) in [5, 5.41) is 3.24. The van der Waals surface area contributed by atoms with Crippen molar-refractivity contribution in [2.75, 3.05) is 44.0 Å². The zero-order chi connectivity index (χ0) is 21.9. The Morgan fingerprint density at radius 3 is 2.50 bits per heavy atom. The number of aryl methyl sites for hydroxylation is 1. The summed E-state index contributed by atoms with van der Waals surface area (Å²) >= 11 is 0. The van der Waals surface area contributed by atoms with Crippen LogP contribution in [0.3, 0.4) is 0 Å². The van der Waals surface area contributed by atoms with Crippen molar-refractivity contribution in [3.05, 3.63) is 59.4 Å². The molecule has 0 saturated carbocycles. The standard InChI is InChI=1S/C23H27N7O2/c1-16-3-2-4-18(11-16)25-23-27-21(26-22(24)28-23)14-30-9-7-29(8-10-30)13-17-5-6-19-20(12-17)32-15-31-19/h2-6,11-12H,7-10,13-15H2,1H3,(H3,24,25,26,27,28)/p+2. The number of ether oxygens (including phenoxy) is 2. The fraction of sp³-hybridized carbons (Fsp3) is 0.348. The van der Waals surface area contributed by atoms with E-state index in [1.807, 2.05) is 24.3 Å². The number of rotatable bonds is 6. The van der Waals surface area contributed by atoms with Gasteiger partial charge >= 0.3 is 0 Å². The summed E-state index contributed by atoms with van der Waals surface area (Å²) in [5.41, 5.74) is 9.35. The van der Waals surface area contributed by atoms with Gasteiger partial charge in [0.2, 0.25) is 18.7 Å². The lowest BCUT2D eigenvalue weighted by atomic mass is 10.1. The normalized spacial score (nSPS) is 19.7. The largest absolute Gasteiger partial charge is 0.454 e. The van der Waals surface area contributed by atoms with E-state index in [4.69, 9.17) is 15.2 Å². The molecule has 0 atom stereocenters. The molecular weight excluding hydrogens is 406 g/mol. The van der Waals surface area contributed by atoms with Crippen molar-refractivity contribution in [2.45, 2.75) is 20.0 Å². The molecule has 5 rings (SSSR count). The Labute approximate surface area is 187 Å². The minimum atomic E-state index is 0.247. The molecule has 3 heterocycles. The molecule has 2 aliphatic rings. The van der Waals surface area contributed by atoms with E-state index in [1.54, 1.807) is 4.90 Å². The number of hydrogen-bond acceptors (Lipinski definition) is 7. The smallest absolute Gasteiger partial charge is 0.232 e. The molecule has 9 nitrogen and oxygen atoms in total. The molecule has 32 heavy (non-hydrogen) atoms. The van der Waals surface area contributed by atoms with E-state index in [2.05, 4.69) is 45.4 Å². The number of nitrogens with zero attached hydrogens (tertiary/aromatic N) is 3. The molecular formula is C23H29N7O2+2. The number of nitrogen functional groups attached to an aromatic ring is 1. The SMILES string of the molecule is Cc1cccc(Nc2nc(N)nc(C[NH+]3CC[NH+](Cc4ccc5c(c4)OCO5)CC3)n2)c1. The van der Waals surface area contributed by atoms with Gasteiger partial charge in [0.15, 0.2) is 17.3 Å². The second kappa shape index (κ2) is 8.97. The summed E-state index contributed by atoms with van der Waals surface area (Å²) in [4.78, 5) is 16.3. The lowest BCUT2D eigenvalue weighted by Crippen LogP contribution is -3.27.